The van der Waals surface area contributed by atoms with Crippen molar-refractivity contribution in [2.75, 3.05) is 13.1 Å². The Balaban J connectivity index is 2.37. The lowest BCUT2D eigenvalue weighted by molar-refractivity contribution is 0.0685. The summed E-state index contributed by atoms with van der Waals surface area (Å²) in [6.45, 7) is 5.11. The van der Waals surface area contributed by atoms with Crippen LogP contribution < -0.4 is 5.73 Å². The molecule has 1 fully saturated rings. The van der Waals surface area contributed by atoms with E-state index in [2.05, 4.69) is 0 Å². The largest absolute Gasteiger partial charge is 0.447 e. The highest BCUT2D eigenvalue weighted by Gasteiger charge is 2.22. The first-order valence-corrected chi connectivity index (χ1v) is 4.80. The average molecular weight is 186 g/mol. The monoisotopic (exact) mass is 186 g/mol. The topological polar surface area (TPSA) is 55.6 Å². The quantitative estimate of drug-likeness (QED) is 0.663. The molecule has 4 heteroatoms. The highest BCUT2D eigenvalue weighted by atomic mass is 16.6. The smallest absolute Gasteiger partial charge is 0.410 e. The minimum absolute atomic E-state index is 0.0503. The van der Waals surface area contributed by atoms with E-state index >= 15 is 0 Å². The Labute approximate surface area is 79.0 Å². The van der Waals surface area contributed by atoms with Gasteiger partial charge in [-0.25, -0.2) is 4.79 Å². The van der Waals surface area contributed by atoms with E-state index in [0.717, 1.165) is 19.4 Å². The van der Waals surface area contributed by atoms with Gasteiger partial charge in [-0.05, 0) is 26.7 Å². The van der Waals surface area contributed by atoms with E-state index in [4.69, 9.17) is 10.5 Å². The number of carbonyl (C=O) groups is 1. The van der Waals surface area contributed by atoms with E-state index in [9.17, 15) is 4.79 Å². The third-order valence-corrected chi connectivity index (χ3v) is 2.05. The van der Waals surface area contributed by atoms with Gasteiger partial charge in [-0.15, -0.1) is 0 Å². The molecule has 1 rings (SSSR count). The zero-order valence-electron chi connectivity index (χ0n) is 8.32. The van der Waals surface area contributed by atoms with Crippen molar-refractivity contribution in [3.8, 4) is 0 Å². The Morgan fingerprint density at radius 3 is 2.85 bits per heavy atom. The summed E-state index contributed by atoms with van der Waals surface area (Å²) in [5, 5.41) is 0. The van der Waals surface area contributed by atoms with Crippen molar-refractivity contribution in [1.82, 2.24) is 4.90 Å². The SMILES string of the molecule is CC(C)OC(=O)N1CCC[C@@H](N)C1. The Morgan fingerprint density at radius 1 is 1.62 bits per heavy atom. The van der Waals surface area contributed by atoms with Crippen molar-refractivity contribution in [3.05, 3.63) is 0 Å². The molecule has 0 aromatic heterocycles. The summed E-state index contributed by atoms with van der Waals surface area (Å²) in [5.74, 6) is 0. The molecule has 1 heterocycles. The van der Waals surface area contributed by atoms with E-state index in [1.165, 1.54) is 0 Å². The minimum atomic E-state index is -0.231. The summed E-state index contributed by atoms with van der Waals surface area (Å²) >= 11 is 0. The van der Waals surface area contributed by atoms with Crippen LogP contribution in [0, 0.1) is 0 Å². The lowest BCUT2D eigenvalue weighted by atomic mass is 10.1. The second-order valence-electron chi connectivity index (χ2n) is 3.78. The second-order valence-corrected chi connectivity index (χ2v) is 3.78. The molecule has 1 saturated heterocycles. The third kappa shape index (κ3) is 3.22. The van der Waals surface area contributed by atoms with Crippen LogP contribution in [0.5, 0.6) is 0 Å². The Bertz CT molecular complexity index is 182. The number of amides is 1. The fraction of sp³-hybridized carbons (Fsp3) is 0.889. The summed E-state index contributed by atoms with van der Waals surface area (Å²) in [6, 6.07) is 0.119. The first kappa shape index (κ1) is 10.3. The molecule has 1 atom stereocenters. The number of piperidine rings is 1. The maximum atomic E-state index is 11.4. The van der Waals surface area contributed by atoms with Crippen LogP contribution in [-0.2, 0) is 4.74 Å². The molecule has 0 aromatic carbocycles. The molecule has 0 aliphatic carbocycles. The molecule has 76 valence electrons. The molecule has 1 aliphatic rings. The molecule has 2 N–H and O–H groups in total. The van der Waals surface area contributed by atoms with Gasteiger partial charge in [0.15, 0.2) is 0 Å². The van der Waals surface area contributed by atoms with Gasteiger partial charge in [0.2, 0.25) is 0 Å². The van der Waals surface area contributed by atoms with Crippen LogP contribution >= 0.6 is 0 Å². The average Bonchev–Trinajstić information content (AvgIpc) is 2.03. The highest BCUT2D eigenvalue weighted by molar-refractivity contribution is 5.67. The zero-order chi connectivity index (χ0) is 9.84. The first-order chi connectivity index (χ1) is 6.09. The molecular formula is C9H18N2O2. The van der Waals surface area contributed by atoms with Gasteiger partial charge >= 0.3 is 6.09 Å². The summed E-state index contributed by atoms with van der Waals surface area (Å²) in [6.07, 6.45) is 1.70. The molecule has 4 nitrogen and oxygen atoms in total. The molecule has 0 aromatic rings. The predicted octanol–water partition coefficient (Wildman–Crippen LogP) is 0.955. The van der Waals surface area contributed by atoms with Gasteiger partial charge in [0.25, 0.3) is 0 Å². The maximum Gasteiger partial charge on any atom is 0.410 e. The van der Waals surface area contributed by atoms with E-state index in [-0.39, 0.29) is 18.2 Å². The fourth-order valence-corrected chi connectivity index (χ4v) is 1.45. The fourth-order valence-electron chi connectivity index (χ4n) is 1.45. The number of carbonyl (C=O) groups excluding carboxylic acids is 1. The van der Waals surface area contributed by atoms with Crippen molar-refractivity contribution in [3.63, 3.8) is 0 Å². The molecule has 1 amide bonds. The van der Waals surface area contributed by atoms with Gasteiger partial charge in [0.05, 0.1) is 6.10 Å². The van der Waals surface area contributed by atoms with Crippen molar-refractivity contribution in [2.24, 2.45) is 5.73 Å². The molecule has 0 saturated carbocycles. The van der Waals surface area contributed by atoms with E-state index in [1.807, 2.05) is 13.8 Å². The van der Waals surface area contributed by atoms with Crippen molar-refractivity contribution in [2.45, 2.75) is 38.8 Å². The Kier molecular flexibility index (Phi) is 3.54. The number of hydrogen-bond acceptors (Lipinski definition) is 3. The van der Waals surface area contributed by atoms with Gasteiger partial charge in [-0.1, -0.05) is 0 Å². The zero-order valence-corrected chi connectivity index (χ0v) is 8.32. The van der Waals surface area contributed by atoms with E-state index < -0.39 is 0 Å². The van der Waals surface area contributed by atoms with E-state index in [0.29, 0.717) is 6.54 Å². The normalized spacial score (nSPS) is 23.4. The number of nitrogens with two attached hydrogens (primary N) is 1. The predicted molar refractivity (Wildman–Crippen MR) is 50.4 cm³/mol. The van der Waals surface area contributed by atoms with Gasteiger partial charge in [0.1, 0.15) is 0 Å². The lowest BCUT2D eigenvalue weighted by Crippen LogP contribution is -2.46. The summed E-state index contributed by atoms with van der Waals surface area (Å²) in [7, 11) is 0. The molecule has 0 bridgehead atoms. The standard InChI is InChI=1S/C9H18N2O2/c1-7(2)13-9(12)11-5-3-4-8(10)6-11/h7-8H,3-6,10H2,1-2H3/t8-/m1/s1. The minimum Gasteiger partial charge on any atom is -0.447 e. The molecule has 1 aliphatic heterocycles. The van der Waals surface area contributed by atoms with Gasteiger partial charge in [0, 0.05) is 19.1 Å². The maximum absolute atomic E-state index is 11.4. The van der Waals surface area contributed by atoms with Crippen molar-refractivity contribution in [1.29, 1.82) is 0 Å². The van der Waals surface area contributed by atoms with Crippen molar-refractivity contribution >= 4 is 6.09 Å². The van der Waals surface area contributed by atoms with E-state index in [1.54, 1.807) is 4.90 Å². The van der Waals surface area contributed by atoms with Gasteiger partial charge in [-0.3, -0.25) is 0 Å². The van der Waals surface area contributed by atoms with Crippen LogP contribution in [0.1, 0.15) is 26.7 Å². The van der Waals surface area contributed by atoms with Crippen LogP contribution in [0.4, 0.5) is 4.79 Å². The number of likely N-dealkylation sites (tertiary alicyclic amines) is 1. The van der Waals surface area contributed by atoms with Crippen LogP contribution in [0.15, 0.2) is 0 Å². The Morgan fingerprint density at radius 2 is 2.31 bits per heavy atom. The van der Waals surface area contributed by atoms with Gasteiger partial charge in [-0.2, -0.15) is 0 Å². The van der Waals surface area contributed by atoms with Gasteiger partial charge < -0.3 is 15.4 Å². The molecule has 0 unspecified atom stereocenters. The number of ether oxygens (including phenoxy) is 1. The Hall–Kier alpha value is -0.770. The number of nitrogens with zero attached hydrogens (tertiary/aromatic N) is 1. The molecule has 0 radical (unpaired) electrons. The third-order valence-electron chi connectivity index (χ3n) is 2.05. The molecular weight excluding hydrogens is 168 g/mol. The lowest BCUT2D eigenvalue weighted by Gasteiger charge is -2.30. The number of rotatable bonds is 1. The summed E-state index contributed by atoms with van der Waals surface area (Å²) in [4.78, 5) is 13.1. The van der Waals surface area contributed by atoms with Crippen LogP contribution in [0.2, 0.25) is 0 Å². The summed E-state index contributed by atoms with van der Waals surface area (Å²) < 4.78 is 5.07. The second kappa shape index (κ2) is 4.46. The first-order valence-electron chi connectivity index (χ1n) is 4.80. The van der Waals surface area contributed by atoms with Crippen molar-refractivity contribution < 1.29 is 9.53 Å². The van der Waals surface area contributed by atoms with Crippen LogP contribution in [-0.4, -0.2) is 36.2 Å². The summed E-state index contributed by atoms with van der Waals surface area (Å²) in [5.41, 5.74) is 5.74. The molecule has 13 heavy (non-hydrogen) atoms. The number of hydrogen-bond donors (Lipinski definition) is 1. The highest BCUT2D eigenvalue weighted by Crippen LogP contribution is 2.10. The van der Waals surface area contributed by atoms with Crippen LogP contribution in [0.3, 0.4) is 0 Å². The molecule has 0 spiro atoms. The van der Waals surface area contributed by atoms with Crippen LogP contribution in [0.25, 0.3) is 0 Å².